The maximum atomic E-state index is 13.5. The summed E-state index contributed by atoms with van der Waals surface area (Å²) in [6, 6.07) is 18.6. The van der Waals surface area contributed by atoms with Crippen molar-refractivity contribution < 1.29 is 14.3 Å². The first kappa shape index (κ1) is 23.5. The first-order valence-electron chi connectivity index (χ1n) is 11.4. The third-order valence-corrected chi connectivity index (χ3v) is 7.18. The lowest BCUT2D eigenvalue weighted by molar-refractivity contribution is -0.122. The average molecular weight is 474 g/mol. The van der Waals surface area contributed by atoms with E-state index in [0.29, 0.717) is 21.9 Å². The van der Waals surface area contributed by atoms with Crippen molar-refractivity contribution in [3.8, 4) is 22.3 Å². The molecule has 0 bridgehead atoms. The molecule has 2 aromatic carbocycles. The van der Waals surface area contributed by atoms with Gasteiger partial charge in [0.25, 0.3) is 11.8 Å². The van der Waals surface area contributed by atoms with Gasteiger partial charge in [0, 0.05) is 18.0 Å². The van der Waals surface area contributed by atoms with Gasteiger partial charge in [-0.2, -0.15) is 5.26 Å². The summed E-state index contributed by atoms with van der Waals surface area (Å²) < 4.78 is 5.78. The third kappa shape index (κ3) is 5.13. The van der Waals surface area contributed by atoms with Crippen molar-refractivity contribution in [2.24, 2.45) is 0 Å². The van der Waals surface area contributed by atoms with E-state index in [0.717, 1.165) is 48.4 Å². The molecule has 1 atom stereocenters. The van der Waals surface area contributed by atoms with Gasteiger partial charge >= 0.3 is 0 Å². The van der Waals surface area contributed by atoms with Crippen LogP contribution in [0.4, 0.5) is 5.00 Å². The minimum Gasteiger partial charge on any atom is -0.481 e. The summed E-state index contributed by atoms with van der Waals surface area (Å²) in [7, 11) is 0. The van der Waals surface area contributed by atoms with Crippen molar-refractivity contribution >= 4 is 28.2 Å². The minimum absolute atomic E-state index is 0.0405. The zero-order valence-electron chi connectivity index (χ0n) is 19.3. The van der Waals surface area contributed by atoms with Crippen molar-refractivity contribution in [2.45, 2.75) is 39.2 Å². The van der Waals surface area contributed by atoms with Crippen LogP contribution in [0.3, 0.4) is 0 Å². The summed E-state index contributed by atoms with van der Waals surface area (Å²) in [5, 5.41) is 12.6. The highest BCUT2D eigenvalue weighted by Gasteiger charge is 2.28. The highest BCUT2D eigenvalue weighted by atomic mass is 32.1. The van der Waals surface area contributed by atoms with Crippen molar-refractivity contribution in [1.29, 1.82) is 5.26 Å². The van der Waals surface area contributed by atoms with E-state index < -0.39 is 6.10 Å². The second-order valence-electron chi connectivity index (χ2n) is 8.37. The number of hydrogen-bond donors (Lipinski definition) is 1. The molecule has 0 aliphatic carbocycles. The number of rotatable bonds is 6. The van der Waals surface area contributed by atoms with E-state index in [1.54, 1.807) is 31.2 Å². The lowest BCUT2D eigenvalue weighted by Gasteiger charge is -2.27. The summed E-state index contributed by atoms with van der Waals surface area (Å²) in [6.07, 6.45) is 2.31. The van der Waals surface area contributed by atoms with Crippen molar-refractivity contribution in [1.82, 2.24) is 4.90 Å². The number of anilines is 1. The van der Waals surface area contributed by atoms with E-state index in [9.17, 15) is 9.59 Å². The molecule has 34 heavy (non-hydrogen) atoms. The Bertz CT molecular complexity index is 1220. The highest BCUT2D eigenvalue weighted by Crippen LogP contribution is 2.41. The largest absolute Gasteiger partial charge is 0.481 e. The average Bonchev–Trinajstić information content (AvgIpc) is 3.20. The van der Waals surface area contributed by atoms with Crippen LogP contribution < -0.4 is 10.1 Å². The summed E-state index contributed by atoms with van der Waals surface area (Å²) in [6.45, 7) is 5.06. The number of hydrogen-bond acceptors (Lipinski definition) is 5. The van der Waals surface area contributed by atoms with E-state index in [-0.39, 0.29) is 11.8 Å². The van der Waals surface area contributed by atoms with Gasteiger partial charge in [-0.3, -0.25) is 9.59 Å². The van der Waals surface area contributed by atoms with Crippen LogP contribution in [-0.4, -0.2) is 35.9 Å². The summed E-state index contributed by atoms with van der Waals surface area (Å²) in [5.41, 5.74) is 2.90. The van der Waals surface area contributed by atoms with Gasteiger partial charge < -0.3 is 15.0 Å². The van der Waals surface area contributed by atoms with E-state index in [1.165, 1.54) is 11.3 Å². The molecule has 174 valence electrons. The van der Waals surface area contributed by atoms with Crippen LogP contribution in [0.15, 0.2) is 54.6 Å². The maximum Gasteiger partial charge on any atom is 0.265 e. The molecule has 1 aliphatic rings. The third-order valence-electron chi connectivity index (χ3n) is 5.92. The quantitative estimate of drug-likeness (QED) is 0.503. The number of ether oxygens (including phenoxy) is 1. The normalized spacial score (nSPS) is 14.2. The van der Waals surface area contributed by atoms with Crippen LogP contribution in [0.5, 0.6) is 5.75 Å². The number of nitriles is 1. The van der Waals surface area contributed by atoms with Crippen molar-refractivity contribution in [3.63, 3.8) is 0 Å². The lowest BCUT2D eigenvalue weighted by Crippen LogP contribution is -2.36. The fourth-order valence-electron chi connectivity index (χ4n) is 4.09. The smallest absolute Gasteiger partial charge is 0.265 e. The number of piperidine rings is 1. The Labute approximate surface area is 203 Å². The molecule has 1 N–H and O–H groups in total. The topological polar surface area (TPSA) is 82.4 Å². The molecule has 0 spiro atoms. The molecule has 1 aliphatic heterocycles. The zero-order chi connectivity index (χ0) is 24.1. The van der Waals surface area contributed by atoms with Crippen LogP contribution in [0.25, 0.3) is 10.4 Å². The highest BCUT2D eigenvalue weighted by molar-refractivity contribution is 7.20. The molecule has 0 saturated carbocycles. The number of thiophene rings is 1. The molecule has 1 saturated heterocycles. The first-order valence-corrected chi connectivity index (χ1v) is 12.3. The SMILES string of the molecule is Cc1c(-c2ccccc2)sc(NC(=O)C(C)Oc2cccc(C#N)c2)c1C(=O)N1CCCCC1. The van der Waals surface area contributed by atoms with Gasteiger partial charge in [0.15, 0.2) is 6.10 Å². The lowest BCUT2D eigenvalue weighted by atomic mass is 10.0. The number of benzene rings is 2. The second kappa shape index (κ2) is 10.5. The molecular formula is C27H27N3O3S. The summed E-state index contributed by atoms with van der Waals surface area (Å²) in [5.74, 6) is 0.0517. The molecule has 6 nitrogen and oxygen atoms in total. The van der Waals surface area contributed by atoms with E-state index in [2.05, 4.69) is 11.4 Å². The van der Waals surface area contributed by atoms with Crippen LogP contribution in [-0.2, 0) is 4.79 Å². The number of carbonyl (C=O) groups is 2. The van der Waals surface area contributed by atoms with Crippen LogP contribution in [0.2, 0.25) is 0 Å². The standard InChI is InChI=1S/C27H27N3O3S/c1-18-23(27(32)30-14-7-4-8-15-30)26(34-24(18)21-11-5-3-6-12-21)29-25(31)19(2)33-22-13-9-10-20(16-22)17-28/h3,5-6,9-13,16,19H,4,7-8,14-15H2,1-2H3,(H,29,31). The Kier molecular flexibility index (Phi) is 7.29. The van der Waals surface area contributed by atoms with E-state index >= 15 is 0 Å². The predicted molar refractivity (Wildman–Crippen MR) is 134 cm³/mol. The fraction of sp³-hybridized carbons (Fsp3) is 0.296. The minimum atomic E-state index is -0.811. The number of amides is 2. The van der Waals surface area contributed by atoms with Crippen LogP contribution in [0.1, 0.15) is 47.7 Å². The second-order valence-corrected chi connectivity index (χ2v) is 9.39. The summed E-state index contributed by atoms with van der Waals surface area (Å²) >= 11 is 1.41. The molecule has 2 amide bonds. The van der Waals surface area contributed by atoms with Gasteiger partial charge in [-0.05, 0) is 62.4 Å². The number of carbonyl (C=O) groups excluding carboxylic acids is 2. The predicted octanol–water partition coefficient (Wildman–Crippen LogP) is 5.63. The molecular weight excluding hydrogens is 446 g/mol. The maximum absolute atomic E-state index is 13.5. The van der Waals surface area contributed by atoms with Gasteiger partial charge in [-0.15, -0.1) is 11.3 Å². The van der Waals surface area contributed by atoms with Crippen molar-refractivity contribution in [3.05, 3.63) is 71.3 Å². The summed E-state index contributed by atoms with van der Waals surface area (Å²) in [4.78, 5) is 29.4. The number of nitrogens with one attached hydrogen (secondary N) is 1. The molecule has 1 fully saturated rings. The Morgan fingerprint density at radius 3 is 2.53 bits per heavy atom. The molecule has 4 rings (SSSR count). The Morgan fingerprint density at radius 2 is 1.82 bits per heavy atom. The fourth-order valence-corrected chi connectivity index (χ4v) is 5.30. The number of nitrogens with zero attached hydrogens (tertiary/aromatic N) is 2. The molecule has 0 radical (unpaired) electrons. The van der Waals surface area contributed by atoms with Crippen LogP contribution in [0, 0.1) is 18.3 Å². The van der Waals surface area contributed by atoms with Gasteiger partial charge in [0.1, 0.15) is 10.8 Å². The van der Waals surface area contributed by atoms with Crippen LogP contribution >= 0.6 is 11.3 Å². The Balaban J connectivity index is 1.62. The van der Waals surface area contributed by atoms with E-state index in [1.807, 2.05) is 42.2 Å². The van der Waals surface area contributed by atoms with Crippen molar-refractivity contribution in [2.75, 3.05) is 18.4 Å². The van der Waals surface area contributed by atoms with Gasteiger partial charge in [-0.1, -0.05) is 36.4 Å². The number of likely N-dealkylation sites (tertiary alicyclic amines) is 1. The zero-order valence-corrected chi connectivity index (χ0v) is 20.2. The first-order chi connectivity index (χ1) is 16.5. The molecule has 3 aromatic rings. The molecule has 7 heteroatoms. The monoisotopic (exact) mass is 473 g/mol. The van der Waals surface area contributed by atoms with Gasteiger partial charge in [-0.25, -0.2) is 0 Å². The van der Waals surface area contributed by atoms with Gasteiger partial charge in [0.05, 0.1) is 17.2 Å². The van der Waals surface area contributed by atoms with Gasteiger partial charge in [0.2, 0.25) is 0 Å². The molecule has 1 unspecified atom stereocenters. The Hall–Kier alpha value is -3.63. The molecule has 2 heterocycles. The van der Waals surface area contributed by atoms with E-state index in [4.69, 9.17) is 10.00 Å². The molecule has 1 aromatic heterocycles. The Morgan fingerprint density at radius 1 is 1.09 bits per heavy atom.